The maximum atomic E-state index is 13.8. The standard InChI is InChI=1S/C24H22F2N4O3/c25-16-11-15(12-17(26)13-16)19-4-5-21-30(19)23(32)24(33-21)6-9-28(10-7-24)22(31)18-14-29-8-2-1-3-20(29)27-18/h1-3,8,11-14,19,21H,4-7,9-10H2/t19-,21+/m0/s1. The first kappa shape index (κ1) is 20.3. The van der Waals surface area contributed by atoms with Gasteiger partial charge in [-0.1, -0.05) is 6.07 Å². The molecule has 7 nitrogen and oxygen atoms in total. The molecule has 3 aliphatic rings. The monoisotopic (exact) mass is 452 g/mol. The third kappa shape index (κ3) is 3.21. The Balaban J connectivity index is 1.18. The third-order valence-corrected chi connectivity index (χ3v) is 7.03. The summed E-state index contributed by atoms with van der Waals surface area (Å²) in [4.78, 5) is 34.2. The summed E-state index contributed by atoms with van der Waals surface area (Å²) in [6.45, 7) is 0.747. The molecule has 3 fully saturated rings. The molecule has 1 aromatic carbocycles. The van der Waals surface area contributed by atoms with Crippen molar-refractivity contribution in [3.63, 3.8) is 0 Å². The lowest BCUT2D eigenvalue weighted by atomic mass is 9.89. The molecular weight excluding hydrogens is 430 g/mol. The second-order valence-corrected chi connectivity index (χ2v) is 8.96. The van der Waals surface area contributed by atoms with Crippen LogP contribution < -0.4 is 0 Å². The van der Waals surface area contributed by atoms with E-state index < -0.39 is 29.5 Å². The largest absolute Gasteiger partial charge is 0.342 e. The number of amides is 2. The van der Waals surface area contributed by atoms with Crippen LogP contribution in [0.4, 0.5) is 8.78 Å². The van der Waals surface area contributed by atoms with Crippen LogP contribution in [0.3, 0.4) is 0 Å². The predicted octanol–water partition coefficient (Wildman–Crippen LogP) is 3.31. The molecular formula is C24H22F2N4O3. The number of benzene rings is 1. The molecule has 0 aliphatic carbocycles. The SMILES string of the molecule is O=C(c1cn2ccccc2n1)N1CCC2(CC1)O[C@@H]1CC[C@@H](c3cc(F)cc(F)c3)N1C2=O. The predicted molar refractivity (Wildman–Crippen MR) is 113 cm³/mol. The van der Waals surface area contributed by atoms with Gasteiger partial charge in [-0.2, -0.15) is 0 Å². The number of nitrogens with zero attached hydrogens (tertiary/aromatic N) is 4. The highest BCUT2D eigenvalue weighted by atomic mass is 19.1. The van der Waals surface area contributed by atoms with Gasteiger partial charge in [-0.05, 0) is 42.7 Å². The normalized spacial score (nSPS) is 24.1. The van der Waals surface area contributed by atoms with Crippen molar-refractivity contribution in [2.24, 2.45) is 0 Å². The minimum Gasteiger partial charge on any atom is -0.342 e. The van der Waals surface area contributed by atoms with Crippen molar-refractivity contribution in [2.75, 3.05) is 13.1 Å². The first-order chi connectivity index (χ1) is 15.9. The number of carbonyl (C=O) groups is 2. The van der Waals surface area contributed by atoms with E-state index in [0.717, 1.165) is 6.07 Å². The number of fused-ring (bicyclic) bond motifs is 2. The Hall–Kier alpha value is -3.33. The molecule has 2 amide bonds. The van der Waals surface area contributed by atoms with Crippen molar-refractivity contribution in [3.8, 4) is 0 Å². The van der Waals surface area contributed by atoms with Crippen molar-refractivity contribution >= 4 is 17.5 Å². The van der Waals surface area contributed by atoms with E-state index in [9.17, 15) is 18.4 Å². The number of halogens is 2. The quantitative estimate of drug-likeness (QED) is 0.599. The highest BCUT2D eigenvalue weighted by molar-refractivity contribution is 5.94. The number of hydrogen-bond donors (Lipinski definition) is 0. The molecule has 0 unspecified atom stereocenters. The lowest BCUT2D eigenvalue weighted by molar-refractivity contribution is -0.142. The second-order valence-electron chi connectivity index (χ2n) is 8.96. The van der Waals surface area contributed by atoms with Gasteiger partial charge in [-0.25, -0.2) is 13.8 Å². The van der Waals surface area contributed by atoms with E-state index in [-0.39, 0.29) is 11.8 Å². The number of piperidine rings is 1. The van der Waals surface area contributed by atoms with Crippen LogP contribution in [0, 0.1) is 11.6 Å². The molecule has 2 atom stereocenters. The molecule has 170 valence electrons. The van der Waals surface area contributed by atoms with Crippen molar-refractivity contribution in [1.82, 2.24) is 19.2 Å². The van der Waals surface area contributed by atoms with E-state index in [4.69, 9.17) is 4.74 Å². The second kappa shape index (κ2) is 7.34. The smallest absolute Gasteiger partial charge is 0.274 e. The highest BCUT2D eigenvalue weighted by Gasteiger charge is 2.58. The van der Waals surface area contributed by atoms with Gasteiger partial charge in [0.05, 0.1) is 6.04 Å². The van der Waals surface area contributed by atoms with E-state index in [1.54, 1.807) is 20.4 Å². The molecule has 3 aromatic rings. The fourth-order valence-electron chi connectivity index (χ4n) is 5.41. The van der Waals surface area contributed by atoms with Crippen molar-refractivity contribution in [1.29, 1.82) is 0 Å². The zero-order valence-electron chi connectivity index (χ0n) is 17.8. The van der Waals surface area contributed by atoms with Gasteiger partial charge >= 0.3 is 0 Å². The number of carbonyl (C=O) groups excluding carboxylic acids is 2. The molecule has 0 N–H and O–H groups in total. The van der Waals surface area contributed by atoms with Crippen LogP contribution in [0.2, 0.25) is 0 Å². The Bertz CT molecular complexity index is 1210. The lowest BCUT2D eigenvalue weighted by Gasteiger charge is -2.37. The summed E-state index contributed by atoms with van der Waals surface area (Å²) in [5.41, 5.74) is 0.516. The summed E-state index contributed by atoms with van der Waals surface area (Å²) in [6, 6.07) is 8.55. The number of pyridine rings is 1. The minimum absolute atomic E-state index is 0.153. The van der Waals surface area contributed by atoms with Gasteiger partial charge in [0.2, 0.25) is 0 Å². The van der Waals surface area contributed by atoms with E-state index in [1.807, 2.05) is 24.4 Å². The van der Waals surface area contributed by atoms with Gasteiger partial charge in [-0.3, -0.25) is 9.59 Å². The van der Waals surface area contributed by atoms with E-state index in [2.05, 4.69) is 4.98 Å². The van der Waals surface area contributed by atoms with Crippen LogP contribution >= 0.6 is 0 Å². The molecule has 2 aromatic heterocycles. The molecule has 33 heavy (non-hydrogen) atoms. The summed E-state index contributed by atoms with van der Waals surface area (Å²) >= 11 is 0. The third-order valence-electron chi connectivity index (χ3n) is 7.03. The Morgan fingerprint density at radius 1 is 1.09 bits per heavy atom. The fraction of sp³-hybridized carbons (Fsp3) is 0.375. The summed E-state index contributed by atoms with van der Waals surface area (Å²) in [7, 11) is 0. The molecule has 9 heteroatoms. The first-order valence-electron chi connectivity index (χ1n) is 11.1. The van der Waals surface area contributed by atoms with Crippen molar-refractivity contribution in [3.05, 3.63) is 71.7 Å². The fourth-order valence-corrected chi connectivity index (χ4v) is 5.41. The van der Waals surface area contributed by atoms with Crippen LogP contribution in [0.25, 0.3) is 5.65 Å². The molecule has 1 spiro atoms. The molecule has 3 saturated heterocycles. The van der Waals surface area contributed by atoms with Crippen molar-refractivity contribution in [2.45, 2.75) is 43.6 Å². The Kier molecular flexibility index (Phi) is 4.52. The summed E-state index contributed by atoms with van der Waals surface area (Å²) in [5.74, 6) is -1.64. The zero-order chi connectivity index (χ0) is 22.7. The van der Waals surface area contributed by atoms with Crippen LogP contribution in [-0.4, -0.2) is 55.9 Å². The Labute approximate surface area is 188 Å². The van der Waals surface area contributed by atoms with Gasteiger partial charge in [0.1, 0.15) is 29.2 Å². The topological polar surface area (TPSA) is 67.2 Å². The minimum atomic E-state index is -0.995. The number of rotatable bonds is 2. The van der Waals surface area contributed by atoms with Gasteiger partial charge in [0, 0.05) is 44.4 Å². The number of aromatic nitrogens is 2. The molecule has 0 radical (unpaired) electrons. The van der Waals surface area contributed by atoms with Crippen molar-refractivity contribution < 1.29 is 23.1 Å². The Morgan fingerprint density at radius 3 is 2.58 bits per heavy atom. The summed E-state index contributed by atoms with van der Waals surface area (Å²) < 4.78 is 35.6. The van der Waals surface area contributed by atoms with Crippen LogP contribution in [0.1, 0.15) is 47.8 Å². The molecule has 0 saturated carbocycles. The molecule has 0 bridgehead atoms. The maximum Gasteiger partial charge on any atom is 0.274 e. The molecule has 3 aliphatic heterocycles. The van der Waals surface area contributed by atoms with Gasteiger partial charge in [0.25, 0.3) is 11.8 Å². The number of imidazole rings is 1. The van der Waals surface area contributed by atoms with E-state index >= 15 is 0 Å². The van der Waals surface area contributed by atoms with Crippen LogP contribution in [0.15, 0.2) is 48.8 Å². The highest BCUT2D eigenvalue weighted by Crippen LogP contribution is 2.47. The van der Waals surface area contributed by atoms with Crippen LogP contribution in [0.5, 0.6) is 0 Å². The van der Waals surface area contributed by atoms with Gasteiger partial charge in [0.15, 0.2) is 5.60 Å². The number of ether oxygens (including phenoxy) is 1. The Morgan fingerprint density at radius 2 is 1.85 bits per heavy atom. The van der Waals surface area contributed by atoms with Crippen LogP contribution in [-0.2, 0) is 9.53 Å². The van der Waals surface area contributed by atoms with Gasteiger partial charge in [-0.15, -0.1) is 0 Å². The van der Waals surface area contributed by atoms with Gasteiger partial charge < -0.3 is 18.9 Å². The van der Waals surface area contributed by atoms with E-state index in [1.165, 1.54) is 12.1 Å². The summed E-state index contributed by atoms with van der Waals surface area (Å²) in [5, 5.41) is 0. The molecule has 5 heterocycles. The average molecular weight is 452 g/mol. The average Bonchev–Trinajstić information content (AvgIpc) is 3.48. The number of likely N-dealkylation sites (tertiary alicyclic amines) is 1. The maximum absolute atomic E-state index is 13.8. The summed E-state index contributed by atoms with van der Waals surface area (Å²) in [6.07, 6.45) is 5.09. The zero-order valence-corrected chi connectivity index (χ0v) is 17.8. The molecule has 6 rings (SSSR count). The van der Waals surface area contributed by atoms with E-state index in [0.29, 0.717) is 55.7 Å². The lowest BCUT2D eigenvalue weighted by Crippen LogP contribution is -2.51. The first-order valence-corrected chi connectivity index (χ1v) is 11.1. The number of hydrogen-bond acceptors (Lipinski definition) is 4.